The SMILES string of the molecule is CCOC(C)(C)C(=O)NC(CO)c1ccc(F)cc1. The lowest BCUT2D eigenvalue weighted by Gasteiger charge is -2.26. The fourth-order valence-corrected chi connectivity index (χ4v) is 1.69. The third kappa shape index (κ3) is 4.29. The molecule has 19 heavy (non-hydrogen) atoms. The van der Waals surface area contributed by atoms with Crippen molar-refractivity contribution in [3.63, 3.8) is 0 Å². The van der Waals surface area contributed by atoms with Crippen LogP contribution in [0.25, 0.3) is 0 Å². The number of aliphatic hydroxyl groups excluding tert-OH is 1. The van der Waals surface area contributed by atoms with E-state index in [1.807, 2.05) is 0 Å². The molecule has 1 aromatic rings. The molecule has 0 aliphatic heterocycles. The van der Waals surface area contributed by atoms with Gasteiger partial charge in [-0.2, -0.15) is 0 Å². The Hall–Kier alpha value is -1.46. The standard InChI is InChI=1S/C14H20FNO3/c1-4-19-14(2,3)13(18)16-12(9-17)10-5-7-11(15)8-6-10/h5-8,12,17H,4,9H2,1-3H3,(H,16,18). The highest BCUT2D eigenvalue weighted by Crippen LogP contribution is 2.16. The molecule has 0 saturated heterocycles. The number of hydrogen-bond donors (Lipinski definition) is 2. The van der Waals surface area contributed by atoms with E-state index in [9.17, 15) is 14.3 Å². The molecule has 0 heterocycles. The molecule has 1 amide bonds. The second-order valence-corrected chi connectivity index (χ2v) is 4.70. The minimum Gasteiger partial charge on any atom is -0.394 e. The summed E-state index contributed by atoms with van der Waals surface area (Å²) < 4.78 is 18.2. The summed E-state index contributed by atoms with van der Waals surface area (Å²) in [5.74, 6) is -0.681. The Kier molecular flexibility index (Phi) is 5.44. The Bertz CT molecular complexity index is 417. The van der Waals surface area contributed by atoms with Crippen LogP contribution in [0, 0.1) is 5.82 Å². The summed E-state index contributed by atoms with van der Waals surface area (Å²) in [6, 6.07) is 5.07. The molecule has 1 rings (SSSR count). The first-order valence-corrected chi connectivity index (χ1v) is 6.22. The second-order valence-electron chi connectivity index (χ2n) is 4.70. The highest BCUT2D eigenvalue weighted by Gasteiger charge is 2.29. The first-order chi connectivity index (χ1) is 8.90. The number of hydrogen-bond acceptors (Lipinski definition) is 3. The van der Waals surface area contributed by atoms with E-state index in [2.05, 4.69) is 5.32 Å². The number of halogens is 1. The van der Waals surface area contributed by atoms with E-state index in [0.717, 1.165) is 0 Å². The van der Waals surface area contributed by atoms with Crippen LogP contribution in [0.5, 0.6) is 0 Å². The van der Waals surface area contributed by atoms with Crippen molar-refractivity contribution in [2.24, 2.45) is 0 Å². The monoisotopic (exact) mass is 269 g/mol. The summed E-state index contributed by atoms with van der Waals surface area (Å²) >= 11 is 0. The summed E-state index contributed by atoms with van der Waals surface area (Å²) in [6.07, 6.45) is 0. The molecule has 4 nitrogen and oxygen atoms in total. The second kappa shape index (κ2) is 6.63. The van der Waals surface area contributed by atoms with Crippen LogP contribution in [0.3, 0.4) is 0 Å². The van der Waals surface area contributed by atoms with E-state index in [1.165, 1.54) is 24.3 Å². The molecule has 0 saturated carbocycles. The van der Waals surface area contributed by atoms with Gasteiger partial charge in [0.05, 0.1) is 12.6 Å². The minimum absolute atomic E-state index is 0.264. The van der Waals surface area contributed by atoms with Gasteiger partial charge in [-0.25, -0.2) is 4.39 Å². The van der Waals surface area contributed by atoms with Gasteiger partial charge < -0.3 is 15.2 Å². The number of carbonyl (C=O) groups excluding carboxylic acids is 1. The fraction of sp³-hybridized carbons (Fsp3) is 0.500. The number of rotatable bonds is 6. The molecule has 0 radical (unpaired) electrons. The molecule has 2 N–H and O–H groups in total. The van der Waals surface area contributed by atoms with E-state index in [-0.39, 0.29) is 18.3 Å². The van der Waals surface area contributed by atoms with Crippen molar-refractivity contribution >= 4 is 5.91 Å². The first-order valence-electron chi connectivity index (χ1n) is 6.22. The smallest absolute Gasteiger partial charge is 0.252 e. The molecule has 0 fully saturated rings. The quantitative estimate of drug-likeness (QED) is 0.827. The lowest BCUT2D eigenvalue weighted by atomic mass is 10.0. The van der Waals surface area contributed by atoms with E-state index in [1.54, 1.807) is 20.8 Å². The third-order valence-corrected chi connectivity index (χ3v) is 2.81. The van der Waals surface area contributed by atoms with Gasteiger partial charge in [-0.05, 0) is 38.5 Å². The normalized spacial score (nSPS) is 13.1. The van der Waals surface area contributed by atoms with Crippen LogP contribution in [-0.4, -0.2) is 29.8 Å². The van der Waals surface area contributed by atoms with E-state index < -0.39 is 11.6 Å². The molecule has 5 heteroatoms. The average molecular weight is 269 g/mol. The van der Waals surface area contributed by atoms with Crippen LogP contribution in [0.2, 0.25) is 0 Å². The zero-order valence-electron chi connectivity index (χ0n) is 11.4. The number of aliphatic hydroxyl groups is 1. The van der Waals surface area contributed by atoms with Gasteiger partial charge in [0, 0.05) is 6.61 Å². The summed E-state index contributed by atoms with van der Waals surface area (Å²) in [4.78, 5) is 12.0. The molecule has 1 atom stereocenters. The van der Waals surface area contributed by atoms with Crippen LogP contribution in [-0.2, 0) is 9.53 Å². The average Bonchev–Trinajstić information content (AvgIpc) is 2.36. The summed E-state index contributed by atoms with van der Waals surface area (Å²) in [5, 5.41) is 12.0. The van der Waals surface area contributed by atoms with Crippen molar-refractivity contribution in [2.45, 2.75) is 32.4 Å². The van der Waals surface area contributed by atoms with Crippen molar-refractivity contribution < 1.29 is 19.0 Å². The molecule has 0 aromatic heterocycles. The highest BCUT2D eigenvalue weighted by atomic mass is 19.1. The van der Waals surface area contributed by atoms with Crippen LogP contribution in [0.1, 0.15) is 32.4 Å². The molecule has 1 unspecified atom stereocenters. The number of benzene rings is 1. The van der Waals surface area contributed by atoms with Crippen molar-refractivity contribution in [3.8, 4) is 0 Å². The number of carbonyl (C=O) groups is 1. The van der Waals surface area contributed by atoms with Crippen LogP contribution in [0.15, 0.2) is 24.3 Å². The first kappa shape index (κ1) is 15.6. The lowest BCUT2D eigenvalue weighted by Crippen LogP contribution is -2.46. The van der Waals surface area contributed by atoms with E-state index in [4.69, 9.17) is 4.74 Å². The Morgan fingerprint density at radius 2 is 2.00 bits per heavy atom. The van der Waals surface area contributed by atoms with Gasteiger partial charge in [0.25, 0.3) is 5.91 Å². The Labute approximate surface area is 112 Å². The maximum absolute atomic E-state index is 12.8. The van der Waals surface area contributed by atoms with Crippen molar-refractivity contribution in [2.75, 3.05) is 13.2 Å². The molecule has 0 bridgehead atoms. The van der Waals surface area contributed by atoms with Gasteiger partial charge in [0.15, 0.2) is 0 Å². The maximum Gasteiger partial charge on any atom is 0.252 e. The van der Waals surface area contributed by atoms with Crippen molar-refractivity contribution in [1.82, 2.24) is 5.32 Å². The van der Waals surface area contributed by atoms with Crippen molar-refractivity contribution in [1.29, 1.82) is 0 Å². The Morgan fingerprint density at radius 3 is 2.47 bits per heavy atom. The molecule has 0 aliphatic carbocycles. The number of nitrogens with one attached hydrogen (secondary N) is 1. The van der Waals surface area contributed by atoms with Gasteiger partial charge in [0.2, 0.25) is 0 Å². The largest absolute Gasteiger partial charge is 0.394 e. The molecule has 0 spiro atoms. The molecule has 106 valence electrons. The minimum atomic E-state index is -0.970. The Balaban J connectivity index is 2.77. The van der Waals surface area contributed by atoms with Crippen LogP contribution in [0.4, 0.5) is 4.39 Å². The van der Waals surface area contributed by atoms with Gasteiger partial charge in [-0.15, -0.1) is 0 Å². The fourth-order valence-electron chi connectivity index (χ4n) is 1.69. The van der Waals surface area contributed by atoms with E-state index in [0.29, 0.717) is 12.2 Å². The Morgan fingerprint density at radius 1 is 1.42 bits per heavy atom. The lowest BCUT2D eigenvalue weighted by molar-refractivity contribution is -0.143. The predicted molar refractivity (Wildman–Crippen MR) is 70.1 cm³/mol. The zero-order chi connectivity index (χ0) is 14.5. The molecular formula is C14H20FNO3. The van der Waals surface area contributed by atoms with Gasteiger partial charge >= 0.3 is 0 Å². The van der Waals surface area contributed by atoms with E-state index >= 15 is 0 Å². The van der Waals surface area contributed by atoms with Crippen molar-refractivity contribution in [3.05, 3.63) is 35.6 Å². The van der Waals surface area contributed by atoms with Crippen LogP contribution >= 0.6 is 0 Å². The van der Waals surface area contributed by atoms with Gasteiger partial charge in [-0.3, -0.25) is 4.79 Å². The number of amides is 1. The van der Waals surface area contributed by atoms with Crippen LogP contribution < -0.4 is 5.32 Å². The zero-order valence-corrected chi connectivity index (χ0v) is 11.4. The van der Waals surface area contributed by atoms with Gasteiger partial charge in [0.1, 0.15) is 11.4 Å². The van der Waals surface area contributed by atoms with Gasteiger partial charge in [-0.1, -0.05) is 12.1 Å². The predicted octanol–water partition coefficient (Wildman–Crippen LogP) is 1.79. The summed E-state index contributed by atoms with van der Waals surface area (Å²) in [5.41, 5.74) is -0.327. The summed E-state index contributed by atoms with van der Waals surface area (Å²) in [7, 11) is 0. The highest BCUT2D eigenvalue weighted by molar-refractivity contribution is 5.84. The number of ether oxygens (including phenoxy) is 1. The molecule has 0 aliphatic rings. The third-order valence-electron chi connectivity index (χ3n) is 2.81. The summed E-state index contributed by atoms with van der Waals surface area (Å²) in [6.45, 7) is 5.27. The topological polar surface area (TPSA) is 58.6 Å². The molecule has 1 aromatic carbocycles. The molecular weight excluding hydrogens is 249 g/mol. The maximum atomic E-state index is 12.8.